The highest BCUT2D eigenvalue weighted by atomic mass is 16.5. The SMILES string of the molecule is Cc1noc(CCNc2nc(N)nc(-n3cccn3)n2)n1. The summed E-state index contributed by atoms with van der Waals surface area (Å²) in [5, 5.41) is 10.8. The van der Waals surface area contributed by atoms with E-state index in [0.29, 0.717) is 36.6 Å². The first kappa shape index (κ1) is 13.0. The highest BCUT2D eigenvalue weighted by Crippen LogP contribution is 2.06. The molecule has 0 aliphatic rings. The Bertz CT molecular complexity index is 721. The molecule has 3 aromatic rings. The molecule has 3 rings (SSSR count). The number of aryl methyl sites for hydroxylation is 1. The number of nitrogens with two attached hydrogens (primary N) is 1. The first-order valence-electron chi connectivity index (χ1n) is 6.25. The third kappa shape index (κ3) is 3.11. The average molecular weight is 287 g/mol. The van der Waals surface area contributed by atoms with Gasteiger partial charge in [0, 0.05) is 25.4 Å². The highest BCUT2D eigenvalue weighted by molar-refractivity contribution is 5.34. The molecule has 10 nitrogen and oxygen atoms in total. The molecule has 10 heteroatoms. The lowest BCUT2D eigenvalue weighted by Crippen LogP contribution is -2.13. The first-order valence-corrected chi connectivity index (χ1v) is 6.25. The molecule has 21 heavy (non-hydrogen) atoms. The van der Waals surface area contributed by atoms with Crippen molar-refractivity contribution in [2.24, 2.45) is 0 Å². The van der Waals surface area contributed by atoms with Gasteiger partial charge in [0.05, 0.1) is 0 Å². The van der Waals surface area contributed by atoms with Gasteiger partial charge in [0.2, 0.25) is 17.8 Å². The summed E-state index contributed by atoms with van der Waals surface area (Å²) in [6.07, 6.45) is 3.91. The number of nitrogen functional groups attached to an aromatic ring is 1. The van der Waals surface area contributed by atoms with Crippen molar-refractivity contribution in [2.45, 2.75) is 13.3 Å². The van der Waals surface area contributed by atoms with E-state index >= 15 is 0 Å². The van der Waals surface area contributed by atoms with E-state index in [1.807, 2.05) is 0 Å². The van der Waals surface area contributed by atoms with Gasteiger partial charge in [-0.15, -0.1) is 0 Å². The van der Waals surface area contributed by atoms with Crippen LogP contribution in [-0.2, 0) is 6.42 Å². The topological polar surface area (TPSA) is 133 Å². The van der Waals surface area contributed by atoms with E-state index in [0.717, 1.165) is 0 Å². The van der Waals surface area contributed by atoms with Crippen LogP contribution in [-0.4, -0.2) is 41.4 Å². The van der Waals surface area contributed by atoms with Crippen LogP contribution in [0.4, 0.5) is 11.9 Å². The van der Waals surface area contributed by atoms with Gasteiger partial charge in [0.25, 0.3) is 5.95 Å². The molecule has 0 saturated carbocycles. The van der Waals surface area contributed by atoms with Crippen LogP contribution >= 0.6 is 0 Å². The number of hydrogen-bond donors (Lipinski definition) is 2. The second kappa shape index (κ2) is 5.53. The Morgan fingerprint density at radius 2 is 2.19 bits per heavy atom. The second-order valence-electron chi connectivity index (χ2n) is 4.18. The number of aromatic nitrogens is 7. The Hall–Kier alpha value is -3.04. The normalized spacial score (nSPS) is 10.7. The van der Waals surface area contributed by atoms with E-state index in [4.69, 9.17) is 10.3 Å². The molecule has 0 bridgehead atoms. The summed E-state index contributed by atoms with van der Waals surface area (Å²) in [5.41, 5.74) is 5.67. The maximum Gasteiger partial charge on any atom is 0.257 e. The Labute approximate surface area is 119 Å². The number of anilines is 2. The molecule has 0 aliphatic heterocycles. The van der Waals surface area contributed by atoms with Gasteiger partial charge >= 0.3 is 0 Å². The summed E-state index contributed by atoms with van der Waals surface area (Å²) in [7, 11) is 0. The van der Waals surface area contributed by atoms with Crippen LogP contribution in [0.25, 0.3) is 5.95 Å². The van der Waals surface area contributed by atoms with Crippen LogP contribution < -0.4 is 11.1 Å². The van der Waals surface area contributed by atoms with Crippen molar-refractivity contribution in [1.82, 2.24) is 34.9 Å². The summed E-state index contributed by atoms with van der Waals surface area (Å²) < 4.78 is 6.52. The molecular formula is C11H13N9O. The van der Waals surface area contributed by atoms with Crippen LogP contribution in [0.5, 0.6) is 0 Å². The molecular weight excluding hydrogens is 274 g/mol. The van der Waals surface area contributed by atoms with Crippen LogP contribution in [0.15, 0.2) is 23.0 Å². The lowest BCUT2D eigenvalue weighted by molar-refractivity contribution is 0.377. The summed E-state index contributed by atoms with van der Waals surface area (Å²) in [6.45, 7) is 2.30. The maximum atomic E-state index is 5.67. The van der Waals surface area contributed by atoms with E-state index < -0.39 is 0 Å². The van der Waals surface area contributed by atoms with Crippen molar-refractivity contribution in [3.8, 4) is 5.95 Å². The fourth-order valence-electron chi connectivity index (χ4n) is 1.67. The van der Waals surface area contributed by atoms with Gasteiger partial charge in [-0.1, -0.05) is 5.16 Å². The van der Waals surface area contributed by atoms with Crippen molar-refractivity contribution in [2.75, 3.05) is 17.6 Å². The largest absolute Gasteiger partial charge is 0.368 e. The smallest absolute Gasteiger partial charge is 0.257 e. The Balaban J connectivity index is 1.68. The molecule has 0 amide bonds. The minimum absolute atomic E-state index is 0.117. The number of nitrogens with zero attached hydrogens (tertiary/aromatic N) is 7. The third-order valence-electron chi connectivity index (χ3n) is 2.54. The third-order valence-corrected chi connectivity index (χ3v) is 2.54. The predicted octanol–water partition coefficient (Wildman–Crippen LogP) is -0.0145. The summed E-state index contributed by atoms with van der Waals surface area (Å²) in [4.78, 5) is 16.4. The van der Waals surface area contributed by atoms with Gasteiger partial charge in [0.15, 0.2) is 5.82 Å². The summed E-state index contributed by atoms with van der Waals surface area (Å²) in [6, 6.07) is 1.77. The van der Waals surface area contributed by atoms with Gasteiger partial charge in [-0.2, -0.15) is 25.0 Å². The standard InChI is InChI=1S/C11H13N9O/c1-7-15-8(21-19-7)3-5-13-10-16-9(12)17-11(18-10)20-6-2-4-14-20/h2,4,6H,3,5H2,1H3,(H3,12,13,16,17,18). The Kier molecular flexibility index (Phi) is 3.41. The van der Waals surface area contributed by atoms with Crippen molar-refractivity contribution < 1.29 is 4.52 Å². The van der Waals surface area contributed by atoms with E-state index in [9.17, 15) is 0 Å². The fourth-order valence-corrected chi connectivity index (χ4v) is 1.67. The van der Waals surface area contributed by atoms with Gasteiger partial charge in [0.1, 0.15) is 0 Å². The highest BCUT2D eigenvalue weighted by Gasteiger charge is 2.07. The van der Waals surface area contributed by atoms with Crippen LogP contribution in [0, 0.1) is 6.92 Å². The lowest BCUT2D eigenvalue weighted by Gasteiger charge is -2.05. The maximum absolute atomic E-state index is 5.67. The van der Waals surface area contributed by atoms with Gasteiger partial charge in [-0.3, -0.25) is 0 Å². The van der Waals surface area contributed by atoms with Crippen LogP contribution in [0.2, 0.25) is 0 Å². The zero-order valence-electron chi connectivity index (χ0n) is 11.3. The zero-order valence-corrected chi connectivity index (χ0v) is 11.3. The number of hydrogen-bond acceptors (Lipinski definition) is 9. The van der Waals surface area contributed by atoms with Gasteiger partial charge in [-0.05, 0) is 13.0 Å². The van der Waals surface area contributed by atoms with Gasteiger partial charge in [-0.25, -0.2) is 4.68 Å². The summed E-state index contributed by atoms with van der Waals surface area (Å²) >= 11 is 0. The molecule has 0 saturated heterocycles. The van der Waals surface area contributed by atoms with Crippen molar-refractivity contribution in [3.63, 3.8) is 0 Å². The fraction of sp³-hybridized carbons (Fsp3) is 0.273. The molecule has 0 fully saturated rings. The minimum atomic E-state index is 0.117. The van der Waals surface area contributed by atoms with E-state index in [1.54, 1.807) is 25.4 Å². The molecule has 3 heterocycles. The molecule has 0 aromatic carbocycles. The molecule has 3 aromatic heterocycles. The molecule has 0 spiro atoms. The predicted molar refractivity (Wildman–Crippen MR) is 72.6 cm³/mol. The molecule has 0 atom stereocenters. The van der Waals surface area contributed by atoms with Crippen LogP contribution in [0.1, 0.15) is 11.7 Å². The van der Waals surface area contributed by atoms with Gasteiger partial charge < -0.3 is 15.6 Å². The second-order valence-corrected chi connectivity index (χ2v) is 4.18. The van der Waals surface area contributed by atoms with Crippen molar-refractivity contribution in [3.05, 3.63) is 30.2 Å². The monoisotopic (exact) mass is 287 g/mol. The Morgan fingerprint density at radius 3 is 2.90 bits per heavy atom. The van der Waals surface area contributed by atoms with E-state index in [1.165, 1.54) is 4.68 Å². The van der Waals surface area contributed by atoms with Crippen molar-refractivity contribution >= 4 is 11.9 Å². The van der Waals surface area contributed by atoms with Crippen molar-refractivity contribution in [1.29, 1.82) is 0 Å². The average Bonchev–Trinajstić information content (AvgIpc) is 3.10. The Morgan fingerprint density at radius 1 is 1.29 bits per heavy atom. The molecule has 3 N–H and O–H groups in total. The molecule has 0 radical (unpaired) electrons. The van der Waals surface area contributed by atoms with E-state index in [2.05, 4.69) is 35.5 Å². The quantitative estimate of drug-likeness (QED) is 0.664. The minimum Gasteiger partial charge on any atom is -0.368 e. The van der Waals surface area contributed by atoms with E-state index in [-0.39, 0.29) is 5.95 Å². The molecule has 0 aliphatic carbocycles. The molecule has 0 unspecified atom stereocenters. The molecule has 108 valence electrons. The zero-order chi connectivity index (χ0) is 14.7. The van der Waals surface area contributed by atoms with Crippen LogP contribution in [0.3, 0.4) is 0 Å². The lowest BCUT2D eigenvalue weighted by atomic mass is 10.4. The summed E-state index contributed by atoms with van der Waals surface area (Å²) in [5.74, 6) is 1.99. The number of rotatable bonds is 5. The first-order chi connectivity index (χ1) is 10.2. The number of nitrogens with one attached hydrogen (secondary N) is 1.